The van der Waals surface area contributed by atoms with Crippen LogP contribution in [0.5, 0.6) is 0 Å². The first-order valence-corrected chi connectivity index (χ1v) is 8.14. The van der Waals surface area contributed by atoms with Gasteiger partial charge in [-0.05, 0) is 42.6 Å². The maximum Gasteiger partial charge on any atom is 0.331 e. The molecule has 1 aromatic rings. The largest absolute Gasteiger partial charge is 0.467 e. The second-order valence-corrected chi connectivity index (χ2v) is 7.50. The summed E-state index contributed by atoms with van der Waals surface area (Å²) in [6.45, 7) is 3.97. The van der Waals surface area contributed by atoms with Gasteiger partial charge in [-0.2, -0.15) is 0 Å². The molecule has 1 heterocycles. The van der Waals surface area contributed by atoms with Gasteiger partial charge in [0.1, 0.15) is 10.5 Å². The lowest BCUT2D eigenvalue weighted by molar-refractivity contribution is -0.147. The van der Waals surface area contributed by atoms with Crippen molar-refractivity contribution in [2.24, 2.45) is 0 Å². The van der Waals surface area contributed by atoms with Crippen LogP contribution in [-0.2, 0) is 16.1 Å². The fourth-order valence-corrected chi connectivity index (χ4v) is 3.26. The maximum atomic E-state index is 12.4. The second kappa shape index (κ2) is 6.27. The predicted octanol–water partition coefficient (Wildman–Crippen LogP) is 1.93. The van der Waals surface area contributed by atoms with Crippen LogP contribution in [-0.4, -0.2) is 45.8 Å². The summed E-state index contributed by atoms with van der Waals surface area (Å²) < 4.78 is 5.50. The Morgan fingerprint density at radius 1 is 1.48 bits per heavy atom. The number of carbonyl (C=O) groups is 2. The van der Waals surface area contributed by atoms with E-state index in [1.807, 2.05) is 13.8 Å². The molecule has 1 aliphatic rings. The quantitative estimate of drug-likeness (QED) is 0.793. The van der Waals surface area contributed by atoms with Gasteiger partial charge in [0, 0.05) is 6.04 Å². The summed E-state index contributed by atoms with van der Waals surface area (Å²) in [5.41, 5.74) is -0.869. The van der Waals surface area contributed by atoms with Gasteiger partial charge in [-0.15, -0.1) is 10.2 Å². The minimum absolute atomic E-state index is 0.0189. The van der Waals surface area contributed by atoms with E-state index in [1.54, 1.807) is 0 Å². The molecule has 116 valence electrons. The molecule has 0 atom stereocenters. The molecule has 1 aliphatic carbocycles. The molecule has 0 unspecified atom stereocenters. The average molecular weight is 377 g/mol. The summed E-state index contributed by atoms with van der Waals surface area (Å²) >= 11 is 4.58. The zero-order valence-electron chi connectivity index (χ0n) is 12.1. The van der Waals surface area contributed by atoms with Gasteiger partial charge >= 0.3 is 12.0 Å². The van der Waals surface area contributed by atoms with Gasteiger partial charge < -0.3 is 15.0 Å². The fraction of sp³-hybridized carbons (Fsp3) is 0.667. The predicted molar refractivity (Wildman–Crippen MR) is 80.8 cm³/mol. The van der Waals surface area contributed by atoms with Crippen LogP contribution >= 0.6 is 27.3 Å². The van der Waals surface area contributed by atoms with Crippen molar-refractivity contribution in [2.75, 3.05) is 7.11 Å². The van der Waals surface area contributed by atoms with Crippen LogP contribution in [0.3, 0.4) is 0 Å². The molecule has 0 bridgehead atoms. The van der Waals surface area contributed by atoms with Gasteiger partial charge in [0.05, 0.1) is 13.7 Å². The average Bonchev–Trinajstić information content (AvgIpc) is 3.12. The number of amides is 2. The van der Waals surface area contributed by atoms with Crippen molar-refractivity contribution in [1.29, 1.82) is 0 Å². The third-order valence-electron chi connectivity index (χ3n) is 3.20. The van der Waals surface area contributed by atoms with Crippen molar-refractivity contribution in [1.82, 2.24) is 20.4 Å². The lowest BCUT2D eigenvalue weighted by atomic mass is 10.2. The van der Waals surface area contributed by atoms with Gasteiger partial charge in [-0.1, -0.05) is 11.3 Å². The van der Waals surface area contributed by atoms with E-state index in [-0.39, 0.29) is 24.6 Å². The first-order valence-electron chi connectivity index (χ1n) is 6.53. The van der Waals surface area contributed by atoms with Crippen LogP contribution in [0.4, 0.5) is 4.79 Å². The van der Waals surface area contributed by atoms with Crippen LogP contribution in [0, 0.1) is 0 Å². The molecule has 0 aliphatic heterocycles. The van der Waals surface area contributed by atoms with Gasteiger partial charge in [-0.25, -0.2) is 9.59 Å². The van der Waals surface area contributed by atoms with Crippen LogP contribution in [0.1, 0.15) is 31.7 Å². The monoisotopic (exact) mass is 376 g/mol. The Morgan fingerprint density at radius 2 is 2.14 bits per heavy atom. The number of nitrogens with one attached hydrogen (secondary N) is 1. The van der Waals surface area contributed by atoms with E-state index in [2.05, 4.69) is 31.4 Å². The first kappa shape index (κ1) is 16.2. The van der Waals surface area contributed by atoms with Crippen molar-refractivity contribution < 1.29 is 14.3 Å². The minimum atomic E-state index is -0.869. The molecule has 0 aromatic carbocycles. The van der Waals surface area contributed by atoms with Crippen LogP contribution < -0.4 is 5.32 Å². The molecule has 1 saturated carbocycles. The Kier molecular flexibility index (Phi) is 4.82. The number of halogens is 1. The highest BCUT2D eigenvalue weighted by Crippen LogP contribution is 2.44. The SMILES string of the molecule is COC(=O)C1(N(Cc2nnc(Br)s2)C(=O)NC(C)C)CC1. The number of hydrogen-bond donors (Lipinski definition) is 1. The molecule has 21 heavy (non-hydrogen) atoms. The topological polar surface area (TPSA) is 84.4 Å². The number of methoxy groups -OCH3 is 1. The summed E-state index contributed by atoms with van der Waals surface area (Å²) in [6, 6.07) is -0.311. The number of urea groups is 1. The number of rotatable bonds is 5. The standard InChI is InChI=1S/C12H17BrN4O3S/c1-7(2)14-11(19)17(6-8-15-16-10(13)21-8)12(4-5-12)9(18)20-3/h7H,4-6H2,1-3H3,(H,14,19). The van der Waals surface area contributed by atoms with E-state index in [4.69, 9.17) is 4.74 Å². The number of ether oxygens (including phenoxy) is 1. The molecule has 0 spiro atoms. The normalized spacial score (nSPS) is 15.7. The molecular weight excluding hydrogens is 360 g/mol. The van der Waals surface area contributed by atoms with Crippen molar-refractivity contribution in [3.05, 3.63) is 8.92 Å². The zero-order chi connectivity index (χ0) is 15.6. The molecule has 9 heteroatoms. The van der Waals surface area contributed by atoms with Gasteiger partial charge in [0.25, 0.3) is 0 Å². The summed E-state index contributed by atoms with van der Waals surface area (Å²) in [6.07, 6.45) is 1.20. The molecule has 2 amide bonds. The molecular formula is C12H17BrN4O3S. The van der Waals surface area contributed by atoms with Crippen LogP contribution in [0.2, 0.25) is 0 Å². The van der Waals surface area contributed by atoms with E-state index in [0.29, 0.717) is 21.8 Å². The van der Waals surface area contributed by atoms with Crippen molar-refractivity contribution in [2.45, 2.75) is 44.8 Å². The van der Waals surface area contributed by atoms with Crippen molar-refractivity contribution in [3.8, 4) is 0 Å². The highest BCUT2D eigenvalue weighted by atomic mass is 79.9. The summed E-state index contributed by atoms with van der Waals surface area (Å²) in [5.74, 6) is -0.384. The second-order valence-electron chi connectivity index (χ2n) is 5.16. The lowest BCUT2D eigenvalue weighted by Crippen LogP contribution is -2.52. The third kappa shape index (κ3) is 3.52. The molecule has 1 fully saturated rings. The number of aromatic nitrogens is 2. The molecule has 7 nitrogen and oxygen atoms in total. The Morgan fingerprint density at radius 3 is 2.57 bits per heavy atom. The van der Waals surface area contributed by atoms with E-state index >= 15 is 0 Å². The van der Waals surface area contributed by atoms with Crippen molar-refractivity contribution >= 4 is 39.3 Å². The van der Waals surface area contributed by atoms with E-state index in [1.165, 1.54) is 23.3 Å². The number of hydrogen-bond acceptors (Lipinski definition) is 6. The summed E-state index contributed by atoms with van der Waals surface area (Å²) in [5, 5.41) is 11.3. The number of esters is 1. The minimum Gasteiger partial charge on any atom is -0.467 e. The Bertz CT molecular complexity index is 544. The Hall–Kier alpha value is -1.22. The number of nitrogens with zero attached hydrogens (tertiary/aromatic N) is 3. The third-order valence-corrected chi connectivity index (χ3v) is 4.54. The first-order chi connectivity index (χ1) is 9.89. The Labute approximate surface area is 135 Å². The fourth-order valence-electron chi connectivity index (χ4n) is 2.07. The van der Waals surface area contributed by atoms with E-state index < -0.39 is 5.54 Å². The summed E-state index contributed by atoms with van der Waals surface area (Å²) in [7, 11) is 1.34. The smallest absolute Gasteiger partial charge is 0.331 e. The van der Waals surface area contributed by atoms with Crippen molar-refractivity contribution in [3.63, 3.8) is 0 Å². The molecule has 2 rings (SSSR count). The van der Waals surface area contributed by atoms with Crippen LogP contribution in [0.25, 0.3) is 0 Å². The maximum absolute atomic E-state index is 12.4. The van der Waals surface area contributed by atoms with E-state index in [0.717, 1.165) is 0 Å². The lowest BCUT2D eigenvalue weighted by Gasteiger charge is -2.30. The molecule has 0 radical (unpaired) electrons. The number of carbonyl (C=O) groups excluding carboxylic acids is 2. The van der Waals surface area contributed by atoms with Gasteiger partial charge in [-0.3, -0.25) is 0 Å². The Balaban J connectivity index is 2.22. The van der Waals surface area contributed by atoms with Gasteiger partial charge in [0.15, 0.2) is 3.92 Å². The van der Waals surface area contributed by atoms with Gasteiger partial charge in [0.2, 0.25) is 0 Å². The molecule has 1 aromatic heterocycles. The molecule has 1 N–H and O–H groups in total. The zero-order valence-corrected chi connectivity index (χ0v) is 14.5. The highest BCUT2D eigenvalue weighted by molar-refractivity contribution is 9.11. The summed E-state index contributed by atoms with van der Waals surface area (Å²) in [4.78, 5) is 26.0. The van der Waals surface area contributed by atoms with Crippen LogP contribution in [0.15, 0.2) is 3.92 Å². The highest BCUT2D eigenvalue weighted by Gasteiger charge is 2.58. The molecule has 0 saturated heterocycles. The van der Waals surface area contributed by atoms with E-state index in [9.17, 15) is 9.59 Å².